The highest BCUT2D eigenvalue weighted by Crippen LogP contribution is 2.49. The van der Waals surface area contributed by atoms with Gasteiger partial charge in [0.2, 0.25) is 11.8 Å². The van der Waals surface area contributed by atoms with Crippen LogP contribution in [0, 0.1) is 5.41 Å². The van der Waals surface area contributed by atoms with E-state index in [2.05, 4.69) is 15.5 Å². The van der Waals surface area contributed by atoms with Crippen LogP contribution in [0.15, 0.2) is 48.5 Å². The van der Waals surface area contributed by atoms with Crippen LogP contribution in [0.3, 0.4) is 0 Å². The Morgan fingerprint density at radius 3 is 2.33 bits per heavy atom. The lowest BCUT2D eigenvalue weighted by Crippen LogP contribution is -2.70. The minimum Gasteiger partial charge on any atom is -0.367 e. The number of carbonyl (C=O) groups is 3. The van der Waals surface area contributed by atoms with Gasteiger partial charge < -0.3 is 15.5 Å². The van der Waals surface area contributed by atoms with E-state index in [1.54, 1.807) is 0 Å². The number of hydrogen-bond acceptors (Lipinski definition) is 5. The van der Waals surface area contributed by atoms with Gasteiger partial charge in [0.1, 0.15) is 0 Å². The van der Waals surface area contributed by atoms with E-state index < -0.39 is 23.3 Å². The summed E-state index contributed by atoms with van der Waals surface area (Å²) in [7, 11) is 2.91. The van der Waals surface area contributed by atoms with Gasteiger partial charge in [0.25, 0.3) is 0 Å². The second kappa shape index (κ2) is 7.84. The monoisotopic (exact) mass is 463 g/mol. The van der Waals surface area contributed by atoms with Gasteiger partial charge in [0.15, 0.2) is 10.5 Å². The Balaban J connectivity index is 1.48. The first-order valence-electron chi connectivity index (χ1n) is 11.0. The van der Waals surface area contributed by atoms with Crippen LogP contribution in [0.25, 0.3) is 0 Å². The number of rotatable bonds is 2. The topological polar surface area (TPSA) is 85.0 Å². The van der Waals surface area contributed by atoms with Crippen molar-refractivity contribution in [2.75, 3.05) is 36.2 Å². The molecule has 0 radical (unpaired) electrons. The number of carbonyl (C=O) groups excluding carboxylic acids is 3. The van der Waals surface area contributed by atoms with E-state index in [4.69, 9.17) is 12.2 Å². The van der Waals surface area contributed by atoms with Crippen LogP contribution < -0.4 is 15.5 Å². The predicted molar refractivity (Wildman–Crippen MR) is 130 cm³/mol. The molecule has 3 aliphatic heterocycles. The summed E-state index contributed by atoms with van der Waals surface area (Å²) < 4.78 is 0. The van der Waals surface area contributed by atoms with Crippen molar-refractivity contribution in [3.8, 4) is 0 Å². The Labute approximate surface area is 197 Å². The van der Waals surface area contributed by atoms with Crippen molar-refractivity contribution in [3.05, 3.63) is 54.1 Å². The van der Waals surface area contributed by atoms with Crippen molar-refractivity contribution in [3.63, 3.8) is 0 Å². The number of urea groups is 1. The molecule has 2 aromatic rings. The maximum Gasteiger partial charge on any atom is 0.332 e. The Kier molecular flexibility index (Phi) is 5.08. The molecule has 33 heavy (non-hydrogen) atoms. The van der Waals surface area contributed by atoms with Crippen LogP contribution >= 0.6 is 12.2 Å². The molecule has 1 spiro atoms. The number of nitrogens with one attached hydrogen (secondary N) is 2. The van der Waals surface area contributed by atoms with Crippen molar-refractivity contribution in [2.45, 2.75) is 25.3 Å². The van der Waals surface area contributed by atoms with Crippen LogP contribution in [-0.2, 0) is 16.0 Å². The predicted octanol–water partition coefficient (Wildman–Crippen LogP) is 3.06. The summed E-state index contributed by atoms with van der Waals surface area (Å²) >= 11 is 5.46. The van der Waals surface area contributed by atoms with Crippen molar-refractivity contribution in [1.82, 2.24) is 9.80 Å². The van der Waals surface area contributed by atoms with Crippen LogP contribution in [0.1, 0.15) is 18.4 Å². The van der Waals surface area contributed by atoms with Crippen molar-refractivity contribution in [2.24, 2.45) is 5.41 Å². The van der Waals surface area contributed by atoms with Gasteiger partial charge in [0, 0.05) is 37.7 Å². The quantitative estimate of drug-likeness (QED) is 0.523. The van der Waals surface area contributed by atoms with E-state index in [9.17, 15) is 14.4 Å². The fourth-order valence-electron chi connectivity index (χ4n) is 5.41. The third kappa shape index (κ3) is 3.26. The van der Waals surface area contributed by atoms with Crippen LogP contribution in [0.4, 0.5) is 21.9 Å². The number of thiocarbonyl (C=S) groups is 1. The van der Waals surface area contributed by atoms with Gasteiger partial charge in [-0.05, 0) is 67.4 Å². The molecule has 1 unspecified atom stereocenters. The molecular formula is C24H25N5O3S. The molecular weight excluding hydrogens is 438 g/mol. The zero-order valence-corrected chi connectivity index (χ0v) is 19.3. The second-order valence-corrected chi connectivity index (χ2v) is 9.21. The molecule has 0 aromatic heterocycles. The van der Waals surface area contributed by atoms with Gasteiger partial charge >= 0.3 is 6.03 Å². The zero-order chi connectivity index (χ0) is 23.3. The molecule has 2 fully saturated rings. The lowest BCUT2D eigenvalue weighted by Gasteiger charge is -2.50. The van der Waals surface area contributed by atoms with Gasteiger partial charge in [0.05, 0.1) is 6.04 Å². The second-order valence-electron chi connectivity index (χ2n) is 8.80. The highest BCUT2D eigenvalue weighted by Gasteiger charge is 2.63. The van der Waals surface area contributed by atoms with Gasteiger partial charge in [-0.25, -0.2) is 4.79 Å². The first kappa shape index (κ1) is 21.4. The van der Waals surface area contributed by atoms with Gasteiger partial charge in [-0.1, -0.05) is 18.2 Å². The summed E-state index contributed by atoms with van der Waals surface area (Å²) in [5.41, 5.74) is 2.25. The largest absolute Gasteiger partial charge is 0.367 e. The molecule has 5 rings (SSSR count). The number of amides is 4. The number of anilines is 3. The number of benzene rings is 2. The van der Waals surface area contributed by atoms with Crippen LogP contribution in [-0.4, -0.2) is 59.4 Å². The first-order valence-corrected chi connectivity index (χ1v) is 11.4. The van der Waals surface area contributed by atoms with Crippen LogP contribution in [0.5, 0.6) is 0 Å². The highest BCUT2D eigenvalue weighted by atomic mass is 32.1. The summed E-state index contributed by atoms with van der Waals surface area (Å²) in [4.78, 5) is 43.7. The standard InChI is InChI=1S/C24H25N5O3S/c1-27-20(30)24(21(31)28(2)23(27)32)14-15-13-17(10-11-18(15)29-12-6-9-19(24)29)26-22(33)25-16-7-4-3-5-8-16/h3-5,7-8,10-11,13,19H,6,9,12,14H2,1-2H3,(H2,25,26,33). The van der Waals surface area contributed by atoms with E-state index in [1.165, 1.54) is 14.1 Å². The smallest absolute Gasteiger partial charge is 0.332 e. The third-order valence-corrected chi connectivity index (χ3v) is 7.12. The lowest BCUT2D eigenvalue weighted by molar-refractivity contribution is -0.159. The Morgan fingerprint density at radius 2 is 1.64 bits per heavy atom. The fraction of sp³-hybridized carbons (Fsp3) is 0.333. The lowest BCUT2D eigenvalue weighted by atomic mass is 9.68. The minimum atomic E-state index is -1.30. The van der Waals surface area contributed by atoms with Gasteiger partial charge in [-0.3, -0.25) is 19.4 Å². The molecule has 170 valence electrons. The van der Waals surface area contributed by atoms with E-state index in [-0.39, 0.29) is 12.5 Å². The third-order valence-electron chi connectivity index (χ3n) is 6.92. The molecule has 9 heteroatoms. The summed E-state index contributed by atoms with van der Waals surface area (Å²) in [6.07, 6.45) is 1.87. The number of nitrogens with zero attached hydrogens (tertiary/aromatic N) is 3. The molecule has 8 nitrogen and oxygen atoms in total. The molecule has 2 saturated heterocycles. The number of barbiturate groups is 1. The van der Waals surface area contributed by atoms with Crippen molar-refractivity contribution >= 4 is 52.2 Å². The molecule has 0 bridgehead atoms. The highest BCUT2D eigenvalue weighted by molar-refractivity contribution is 7.80. The molecule has 0 saturated carbocycles. The molecule has 1 atom stereocenters. The molecule has 3 heterocycles. The summed E-state index contributed by atoms with van der Waals surface area (Å²) in [6.45, 7) is 0.766. The average Bonchev–Trinajstić information content (AvgIpc) is 3.31. The number of para-hydroxylation sites is 1. The van der Waals surface area contributed by atoms with E-state index in [0.29, 0.717) is 5.11 Å². The number of imide groups is 2. The van der Waals surface area contributed by atoms with E-state index in [1.807, 2.05) is 48.5 Å². The Hall–Kier alpha value is -3.46. The maximum absolute atomic E-state index is 13.5. The minimum absolute atomic E-state index is 0.248. The molecule has 0 aliphatic carbocycles. The fourth-order valence-corrected chi connectivity index (χ4v) is 5.65. The average molecular weight is 464 g/mol. The maximum atomic E-state index is 13.5. The molecule has 4 amide bonds. The van der Waals surface area contributed by atoms with Gasteiger partial charge in [-0.2, -0.15) is 0 Å². The number of hydrogen-bond donors (Lipinski definition) is 2. The Morgan fingerprint density at radius 1 is 0.970 bits per heavy atom. The first-order chi connectivity index (χ1) is 15.8. The SMILES string of the molecule is CN1C(=O)N(C)C(=O)C2(Cc3cc(NC(=S)Nc4ccccc4)ccc3N3CCCC32)C1=O. The zero-order valence-electron chi connectivity index (χ0n) is 18.5. The number of fused-ring (bicyclic) bond motifs is 4. The van der Waals surface area contributed by atoms with Crippen molar-refractivity contribution in [1.29, 1.82) is 0 Å². The molecule has 2 N–H and O–H groups in total. The molecule has 2 aromatic carbocycles. The summed E-state index contributed by atoms with van der Waals surface area (Å²) in [5, 5.41) is 6.79. The Bertz CT molecular complexity index is 1140. The van der Waals surface area contributed by atoms with E-state index in [0.717, 1.165) is 51.8 Å². The van der Waals surface area contributed by atoms with Crippen molar-refractivity contribution < 1.29 is 14.4 Å². The summed E-state index contributed by atoms with van der Waals surface area (Å²) in [5.74, 6) is -0.837. The normalized spacial score (nSPS) is 21.2. The summed E-state index contributed by atoms with van der Waals surface area (Å²) in [6, 6.07) is 14.7. The van der Waals surface area contributed by atoms with E-state index >= 15 is 0 Å². The van der Waals surface area contributed by atoms with Gasteiger partial charge in [-0.15, -0.1) is 0 Å². The molecule has 3 aliphatic rings. The van der Waals surface area contributed by atoms with Crippen LogP contribution in [0.2, 0.25) is 0 Å².